The molecule has 2 aromatic carbocycles. The molecule has 0 atom stereocenters. The van der Waals surface area contributed by atoms with Crippen molar-refractivity contribution in [3.05, 3.63) is 59.7 Å². The van der Waals surface area contributed by atoms with Gasteiger partial charge in [-0.25, -0.2) is 13.8 Å². The third-order valence-electron chi connectivity index (χ3n) is 3.76. The van der Waals surface area contributed by atoms with E-state index in [-0.39, 0.29) is 11.4 Å². The van der Waals surface area contributed by atoms with E-state index in [0.717, 1.165) is 0 Å². The largest absolute Gasteiger partial charge is 0.338 e. The van der Waals surface area contributed by atoms with Crippen molar-refractivity contribution in [2.45, 2.75) is 0 Å². The monoisotopic (exact) mass is 362 g/mol. The number of benzene rings is 2. The summed E-state index contributed by atoms with van der Waals surface area (Å²) in [5.41, 5.74) is 0.631. The van der Waals surface area contributed by atoms with Gasteiger partial charge in [-0.15, -0.1) is 0 Å². The maximum absolute atomic E-state index is 13.9. The van der Waals surface area contributed by atoms with Crippen LogP contribution in [0.3, 0.4) is 0 Å². The van der Waals surface area contributed by atoms with Gasteiger partial charge in [0.2, 0.25) is 0 Å². The lowest BCUT2D eigenvalue weighted by atomic mass is 10.2. The topological polar surface area (TPSA) is 37.6 Å². The molecule has 0 fully saturated rings. The van der Waals surface area contributed by atoms with Crippen LogP contribution in [-0.2, 0) is 0 Å². The van der Waals surface area contributed by atoms with Crippen LogP contribution >= 0.6 is 11.3 Å². The summed E-state index contributed by atoms with van der Waals surface area (Å²) in [6.45, 7) is 1.13. The summed E-state index contributed by atoms with van der Waals surface area (Å²) in [6.07, 6.45) is 0. The molecular weight excluding hydrogens is 344 g/mol. The van der Waals surface area contributed by atoms with Crippen LogP contribution in [0.15, 0.2) is 42.5 Å². The molecule has 0 radical (unpaired) electrons. The van der Waals surface area contributed by atoms with E-state index in [9.17, 15) is 13.6 Å². The molecule has 0 aliphatic carbocycles. The van der Waals surface area contributed by atoms with Crippen molar-refractivity contribution in [2.24, 2.45) is 0 Å². The fraction of sp³-hybridized carbons (Fsp3) is 0.222. The molecule has 0 saturated carbocycles. The molecule has 0 saturated heterocycles. The summed E-state index contributed by atoms with van der Waals surface area (Å²) in [5, 5.41) is 0.440. The maximum atomic E-state index is 13.9. The van der Waals surface area contributed by atoms with E-state index in [4.69, 9.17) is 0 Å². The van der Waals surface area contributed by atoms with Gasteiger partial charge in [0.15, 0.2) is 5.13 Å². The van der Waals surface area contributed by atoms with Gasteiger partial charge in [-0.2, -0.15) is 0 Å². The molecule has 130 valence electrons. The lowest BCUT2D eigenvalue weighted by Gasteiger charge is -2.20. The second-order valence-corrected chi connectivity index (χ2v) is 7.01. The summed E-state index contributed by atoms with van der Waals surface area (Å²) in [7, 11) is 3.97. The van der Waals surface area contributed by atoms with Crippen LogP contribution in [0.25, 0.3) is 10.2 Å². The molecule has 0 unspecified atom stereocenters. The Kier molecular flexibility index (Phi) is 5.06. The number of quaternary nitrogens is 1. The number of hydrogen-bond donors (Lipinski definition) is 1. The number of amides is 1. The molecular formula is C18H18F2N3OS+. The summed E-state index contributed by atoms with van der Waals surface area (Å²) in [6, 6.07) is 10.1. The van der Waals surface area contributed by atoms with Crippen molar-refractivity contribution in [1.29, 1.82) is 0 Å². The highest BCUT2D eigenvalue weighted by molar-refractivity contribution is 7.22. The smallest absolute Gasteiger partial charge is 0.260 e. The van der Waals surface area contributed by atoms with E-state index in [1.165, 1.54) is 51.5 Å². The number of nitrogens with zero attached hydrogens (tertiary/aromatic N) is 2. The van der Waals surface area contributed by atoms with Gasteiger partial charge < -0.3 is 4.90 Å². The van der Waals surface area contributed by atoms with E-state index in [0.29, 0.717) is 28.5 Å². The summed E-state index contributed by atoms with van der Waals surface area (Å²) < 4.78 is 27.8. The number of rotatable bonds is 5. The molecule has 1 aromatic heterocycles. The SMILES string of the molecule is C[NH+](C)CCN(C(=O)c1ccc(F)cc1)c1nc2c(F)cccc2s1. The van der Waals surface area contributed by atoms with Crippen molar-refractivity contribution < 1.29 is 18.5 Å². The lowest BCUT2D eigenvalue weighted by Crippen LogP contribution is -3.06. The first-order valence-electron chi connectivity index (χ1n) is 7.87. The quantitative estimate of drug-likeness (QED) is 0.757. The molecule has 7 heteroatoms. The zero-order valence-corrected chi connectivity index (χ0v) is 14.7. The normalized spacial score (nSPS) is 11.2. The summed E-state index contributed by atoms with van der Waals surface area (Å²) >= 11 is 1.27. The van der Waals surface area contributed by atoms with Crippen molar-refractivity contribution >= 4 is 32.6 Å². The second-order valence-electron chi connectivity index (χ2n) is 6.00. The first-order chi connectivity index (χ1) is 12.0. The molecule has 0 bridgehead atoms. The molecule has 1 heterocycles. The molecule has 0 spiro atoms. The molecule has 25 heavy (non-hydrogen) atoms. The Morgan fingerprint density at radius 1 is 1.16 bits per heavy atom. The molecule has 1 N–H and O–H groups in total. The van der Waals surface area contributed by atoms with Crippen molar-refractivity contribution in [1.82, 2.24) is 4.98 Å². The van der Waals surface area contributed by atoms with E-state index in [1.54, 1.807) is 12.1 Å². The van der Waals surface area contributed by atoms with Crippen LogP contribution in [-0.4, -0.2) is 38.1 Å². The highest BCUT2D eigenvalue weighted by Gasteiger charge is 2.22. The third-order valence-corrected chi connectivity index (χ3v) is 4.80. The first kappa shape index (κ1) is 17.4. The molecule has 3 rings (SSSR count). The van der Waals surface area contributed by atoms with Crippen LogP contribution < -0.4 is 9.80 Å². The molecule has 4 nitrogen and oxygen atoms in total. The van der Waals surface area contributed by atoms with Gasteiger partial charge in [0.1, 0.15) is 17.2 Å². The number of nitrogens with one attached hydrogen (secondary N) is 1. The minimum atomic E-state index is -0.410. The van der Waals surface area contributed by atoms with Crippen LogP contribution in [0.4, 0.5) is 13.9 Å². The number of halogens is 2. The Balaban J connectivity index is 1.99. The highest BCUT2D eigenvalue weighted by Crippen LogP contribution is 2.30. The van der Waals surface area contributed by atoms with E-state index in [2.05, 4.69) is 4.98 Å². The standard InChI is InChI=1S/C18H17F2N3OS/c1-22(2)10-11-23(17(24)12-6-8-13(19)9-7-12)18-21-16-14(20)4-3-5-15(16)25-18/h3-9H,10-11H2,1-2H3/p+1. The molecule has 3 aromatic rings. The molecule has 0 aliphatic rings. The van der Waals surface area contributed by atoms with E-state index < -0.39 is 11.6 Å². The van der Waals surface area contributed by atoms with E-state index >= 15 is 0 Å². The Morgan fingerprint density at radius 2 is 1.88 bits per heavy atom. The third kappa shape index (κ3) is 3.83. The maximum Gasteiger partial charge on any atom is 0.260 e. The number of hydrogen-bond acceptors (Lipinski definition) is 3. The van der Waals surface area contributed by atoms with Crippen molar-refractivity contribution in [3.63, 3.8) is 0 Å². The van der Waals surface area contributed by atoms with Crippen molar-refractivity contribution in [2.75, 3.05) is 32.1 Å². The van der Waals surface area contributed by atoms with Crippen LogP contribution in [0.1, 0.15) is 10.4 Å². The molecule has 1 amide bonds. The Labute approximate surface area is 148 Å². The number of para-hydroxylation sites is 1. The second kappa shape index (κ2) is 7.25. The Hall–Kier alpha value is -2.38. The van der Waals surface area contributed by atoms with Gasteiger partial charge >= 0.3 is 0 Å². The fourth-order valence-corrected chi connectivity index (χ4v) is 3.39. The lowest BCUT2D eigenvalue weighted by molar-refractivity contribution is -0.856. The van der Waals surface area contributed by atoms with Gasteiger partial charge in [0, 0.05) is 5.56 Å². The number of fused-ring (bicyclic) bond motifs is 1. The predicted molar refractivity (Wildman–Crippen MR) is 95.3 cm³/mol. The Morgan fingerprint density at radius 3 is 2.52 bits per heavy atom. The average Bonchev–Trinajstić information content (AvgIpc) is 3.00. The zero-order chi connectivity index (χ0) is 18.0. The summed E-state index contributed by atoms with van der Waals surface area (Å²) in [5.74, 6) is -1.09. The van der Waals surface area contributed by atoms with Gasteiger partial charge in [0.05, 0.1) is 31.9 Å². The minimum Gasteiger partial charge on any atom is -0.338 e. The van der Waals surface area contributed by atoms with Gasteiger partial charge in [-0.3, -0.25) is 9.69 Å². The highest BCUT2D eigenvalue weighted by atomic mass is 32.1. The minimum absolute atomic E-state index is 0.261. The van der Waals surface area contributed by atoms with Gasteiger partial charge in [-0.1, -0.05) is 17.4 Å². The number of thiazole rings is 1. The van der Waals surface area contributed by atoms with Gasteiger partial charge in [0.25, 0.3) is 5.91 Å². The van der Waals surface area contributed by atoms with Crippen LogP contribution in [0, 0.1) is 11.6 Å². The van der Waals surface area contributed by atoms with Crippen LogP contribution in [0.5, 0.6) is 0 Å². The van der Waals surface area contributed by atoms with Crippen molar-refractivity contribution in [3.8, 4) is 0 Å². The average molecular weight is 362 g/mol. The summed E-state index contributed by atoms with van der Waals surface area (Å²) in [4.78, 5) is 19.9. The predicted octanol–water partition coefficient (Wildman–Crippen LogP) is 2.37. The van der Waals surface area contributed by atoms with E-state index in [1.807, 2.05) is 14.1 Å². The van der Waals surface area contributed by atoms with Gasteiger partial charge in [-0.05, 0) is 36.4 Å². The number of carbonyl (C=O) groups is 1. The first-order valence-corrected chi connectivity index (χ1v) is 8.69. The number of carbonyl (C=O) groups excluding carboxylic acids is 1. The Bertz CT molecular complexity index is 893. The van der Waals surface area contributed by atoms with Crippen LogP contribution in [0.2, 0.25) is 0 Å². The fourth-order valence-electron chi connectivity index (χ4n) is 2.39. The zero-order valence-electron chi connectivity index (χ0n) is 13.9. The number of anilines is 1. The number of aromatic nitrogens is 1. The number of likely N-dealkylation sites (N-methyl/N-ethyl adjacent to an activating group) is 1. The molecule has 0 aliphatic heterocycles.